The summed E-state index contributed by atoms with van der Waals surface area (Å²) < 4.78 is 4.82. The molecule has 1 N–H and O–H groups in total. The third kappa shape index (κ3) is 1.23. The molecule has 0 unspecified atom stereocenters. The van der Waals surface area contributed by atoms with Crippen LogP contribution in [0.25, 0.3) is 11.1 Å². The largest absolute Gasteiger partial charge is 0.417 e. The minimum Gasteiger partial charge on any atom is -0.408 e. The van der Waals surface area contributed by atoms with Gasteiger partial charge < -0.3 is 4.42 Å². The number of benzene rings is 1. The Labute approximate surface area is 79.2 Å². The van der Waals surface area contributed by atoms with Crippen LogP contribution in [0.1, 0.15) is 0 Å². The number of hydrogen-bond acceptors (Lipinski definition) is 4. The van der Waals surface area contributed by atoms with Crippen molar-refractivity contribution in [3.63, 3.8) is 0 Å². The monoisotopic (exact) mass is 189 g/mol. The smallest absolute Gasteiger partial charge is 0.408 e. The summed E-state index contributed by atoms with van der Waals surface area (Å²) in [5.74, 6) is -0.489. The molecule has 2 aromatic rings. The molecule has 0 atom stereocenters. The maximum atomic E-state index is 10.8. The number of fused-ring (bicyclic) bond motifs is 1. The highest BCUT2D eigenvalue weighted by Gasteiger charge is 2.04. The molecule has 14 heavy (non-hydrogen) atoms. The Morgan fingerprint density at radius 3 is 3.07 bits per heavy atom. The summed E-state index contributed by atoms with van der Waals surface area (Å²) in [5, 5.41) is 8.65. The van der Waals surface area contributed by atoms with Crippen LogP contribution in [0.3, 0.4) is 0 Å². The van der Waals surface area contributed by atoms with E-state index < -0.39 is 5.76 Å². The minimum atomic E-state index is -0.489. The Balaban J connectivity index is 2.62. The topological polar surface area (TPSA) is 73.0 Å². The van der Waals surface area contributed by atoms with Crippen molar-refractivity contribution in [1.29, 1.82) is 5.26 Å². The second-order valence-electron chi connectivity index (χ2n) is 2.85. The molecule has 0 fully saturated rings. The van der Waals surface area contributed by atoms with E-state index in [2.05, 4.69) is 4.98 Å². The molecule has 5 nitrogen and oxygen atoms in total. The van der Waals surface area contributed by atoms with Crippen molar-refractivity contribution >= 4 is 16.8 Å². The average molecular weight is 189 g/mol. The lowest BCUT2D eigenvalue weighted by atomic mass is 10.3. The van der Waals surface area contributed by atoms with Crippen molar-refractivity contribution in [3.8, 4) is 6.19 Å². The fourth-order valence-electron chi connectivity index (χ4n) is 1.21. The molecule has 0 aliphatic carbocycles. The highest BCUT2D eigenvalue weighted by atomic mass is 16.4. The standard InChI is InChI=1S/C9H7N3O2/c1-12(5-10)6-2-3-8-7(4-6)11-9(13)14-8/h2-4H,1H3,(H,11,13). The molecule has 0 bridgehead atoms. The average Bonchev–Trinajstić information content (AvgIpc) is 2.55. The Morgan fingerprint density at radius 2 is 2.36 bits per heavy atom. The number of aromatic amines is 1. The summed E-state index contributed by atoms with van der Waals surface area (Å²) in [6, 6.07) is 5.04. The van der Waals surface area contributed by atoms with Gasteiger partial charge in [-0.15, -0.1) is 0 Å². The lowest BCUT2D eigenvalue weighted by molar-refractivity contribution is 0.555. The number of nitrogens with one attached hydrogen (secondary N) is 1. The van der Waals surface area contributed by atoms with Crippen LogP contribution in [-0.4, -0.2) is 12.0 Å². The normalized spacial score (nSPS) is 10.0. The van der Waals surface area contributed by atoms with Crippen LogP contribution in [0.5, 0.6) is 0 Å². The van der Waals surface area contributed by atoms with E-state index in [-0.39, 0.29) is 0 Å². The molecule has 0 spiro atoms. The number of hydrogen-bond donors (Lipinski definition) is 1. The van der Waals surface area contributed by atoms with Gasteiger partial charge in [0, 0.05) is 7.05 Å². The van der Waals surface area contributed by atoms with Crippen LogP contribution < -0.4 is 10.7 Å². The zero-order valence-corrected chi connectivity index (χ0v) is 7.44. The minimum absolute atomic E-state index is 0.489. The van der Waals surface area contributed by atoms with Crippen molar-refractivity contribution in [2.75, 3.05) is 11.9 Å². The number of oxazole rings is 1. The third-order valence-corrected chi connectivity index (χ3v) is 1.94. The van der Waals surface area contributed by atoms with Crippen LogP contribution in [0.4, 0.5) is 5.69 Å². The first-order chi connectivity index (χ1) is 6.70. The van der Waals surface area contributed by atoms with E-state index in [1.54, 1.807) is 25.2 Å². The van der Waals surface area contributed by atoms with Crippen molar-refractivity contribution < 1.29 is 4.42 Å². The molecule has 0 amide bonds. The number of aromatic nitrogens is 1. The molecule has 1 aromatic carbocycles. The first-order valence-corrected chi connectivity index (χ1v) is 3.97. The van der Waals surface area contributed by atoms with Gasteiger partial charge in [0.25, 0.3) is 0 Å². The molecular weight excluding hydrogens is 182 g/mol. The summed E-state index contributed by atoms with van der Waals surface area (Å²) in [5.41, 5.74) is 1.79. The molecule has 0 aliphatic heterocycles. The van der Waals surface area contributed by atoms with E-state index in [1.807, 2.05) is 6.19 Å². The van der Waals surface area contributed by atoms with Gasteiger partial charge in [0.2, 0.25) is 0 Å². The Morgan fingerprint density at radius 1 is 1.57 bits per heavy atom. The van der Waals surface area contributed by atoms with Crippen LogP contribution in [-0.2, 0) is 0 Å². The number of H-pyrrole nitrogens is 1. The van der Waals surface area contributed by atoms with E-state index in [0.717, 1.165) is 0 Å². The fourth-order valence-corrected chi connectivity index (χ4v) is 1.21. The molecule has 0 aliphatic rings. The quantitative estimate of drug-likeness (QED) is 0.537. The Kier molecular flexibility index (Phi) is 1.75. The highest BCUT2D eigenvalue weighted by Crippen LogP contribution is 2.18. The highest BCUT2D eigenvalue weighted by molar-refractivity contribution is 5.77. The van der Waals surface area contributed by atoms with Crippen LogP contribution in [0, 0.1) is 11.5 Å². The molecule has 70 valence electrons. The van der Waals surface area contributed by atoms with E-state index in [0.29, 0.717) is 16.8 Å². The lowest BCUT2D eigenvalue weighted by Gasteiger charge is -2.07. The number of nitrogens with zero attached hydrogens (tertiary/aromatic N) is 2. The summed E-state index contributed by atoms with van der Waals surface area (Å²) in [4.78, 5) is 14.8. The number of nitriles is 1. The first-order valence-electron chi connectivity index (χ1n) is 3.97. The molecular formula is C9H7N3O2. The van der Waals surface area contributed by atoms with E-state index >= 15 is 0 Å². The molecule has 1 heterocycles. The van der Waals surface area contributed by atoms with E-state index in [9.17, 15) is 4.79 Å². The lowest BCUT2D eigenvalue weighted by Crippen LogP contribution is -2.07. The molecule has 0 saturated heterocycles. The second kappa shape index (κ2) is 2.92. The van der Waals surface area contributed by atoms with E-state index in [1.165, 1.54) is 4.90 Å². The van der Waals surface area contributed by atoms with Gasteiger partial charge in [0.05, 0.1) is 11.2 Å². The zero-order valence-electron chi connectivity index (χ0n) is 7.44. The Bertz CT molecular complexity index is 561. The third-order valence-electron chi connectivity index (χ3n) is 1.94. The maximum absolute atomic E-state index is 10.8. The van der Waals surface area contributed by atoms with Gasteiger partial charge in [0.1, 0.15) is 0 Å². The van der Waals surface area contributed by atoms with Crippen molar-refractivity contribution in [2.45, 2.75) is 0 Å². The molecule has 0 radical (unpaired) electrons. The van der Waals surface area contributed by atoms with Crippen LogP contribution in [0.15, 0.2) is 27.4 Å². The predicted molar refractivity (Wildman–Crippen MR) is 50.9 cm³/mol. The van der Waals surface area contributed by atoms with Crippen molar-refractivity contribution in [1.82, 2.24) is 4.98 Å². The number of rotatable bonds is 1. The summed E-state index contributed by atoms with van der Waals surface area (Å²) in [6.45, 7) is 0. The van der Waals surface area contributed by atoms with Gasteiger partial charge in [-0.3, -0.25) is 9.88 Å². The summed E-state index contributed by atoms with van der Waals surface area (Å²) >= 11 is 0. The zero-order chi connectivity index (χ0) is 10.1. The molecule has 0 saturated carbocycles. The predicted octanol–water partition coefficient (Wildman–Crippen LogP) is 1.04. The first kappa shape index (κ1) is 8.38. The molecule has 5 heteroatoms. The SMILES string of the molecule is CN(C#N)c1ccc2oc(=O)[nH]c2c1. The second-order valence-corrected chi connectivity index (χ2v) is 2.85. The molecule has 2 rings (SSSR count). The van der Waals surface area contributed by atoms with Crippen LogP contribution >= 0.6 is 0 Å². The molecule has 1 aromatic heterocycles. The summed E-state index contributed by atoms with van der Waals surface area (Å²) in [7, 11) is 1.64. The van der Waals surface area contributed by atoms with Gasteiger partial charge in [-0.05, 0) is 18.2 Å². The van der Waals surface area contributed by atoms with Crippen LogP contribution in [0.2, 0.25) is 0 Å². The van der Waals surface area contributed by atoms with E-state index in [4.69, 9.17) is 9.68 Å². The summed E-state index contributed by atoms with van der Waals surface area (Å²) in [6.07, 6.45) is 1.96. The number of anilines is 1. The fraction of sp³-hybridized carbons (Fsp3) is 0.111. The van der Waals surface area contributed by atoms with Gasteiger partial charge in [-0.25, -0.2) is 4.79 Å². The van der Waals surface area contributed by atoms with Gasteiger partial charge in [-0.2, -0.15) is 5.26 Å². The van der Waals surface area contributed by atoms with Crippen molar-refractivity contribution in [3.05, 3.63) is 28.7 Å². The van der Waals surface area contributed by atoms with Crippen molar-refractivity contribution in [2.24, 2.45) is 0 Å². The van der Waals surface area contributed by atoms with Gasteiger partial charge in [-0.1, -0.05) is 0 Å². The Hall–Kier alpha value is -2.22. The van der Waals surface area contributed by atoms with Gasteiger partial charge in [0.15, 0.2) is 11.8 Å². The maximum Gasteiger partial charge on any atom is 0.417 e. The van der Waals surface area contributed by atoms with Gasteiger partial charge >= 0.3 is 5.76 Å².